The molecule has 0 fully saturated rings. The predicted octanol–water partition coefficient (Wildman–Crippen LogP) is 2.70. The molecule has 2 aromatic rings. The second-order valence-corrected chi connectivity index (χ2v) is 5.81. The molecule has 0 spiro atoms. The zero-order valence-electron chi connectivity index (χ0n) is 13.3. The number of nitrogens with one attached hydrogen (secondary N) is 1. The molecule has 0 aliphatic carbocycles. The monoisotopic (exact) mass is 286 g/mol. The lowest BCUT2D eigenvalue weighted by Gasteiger charge is -2.19. The Hall–Kier alpha value is -1.68. The van der Waals surface area contributed by atoms with Crippen LogP contribution in [-0.2, 0) is 19.4 Å². The van der Waals surface area contributed by atoms with Gasteiger partial charge in [-0.2, -0.15) is 5.10 Å². The molecule has 1 aromatic carbocycles. The number of nitrogens with zero attached hydrogens (tertiary/aromatic N) is 3. The molecule has 1 aromatic heterocycles. The van der Waals surface area contributed by atoms with Crippen molar-refractivity contribution in [2.45, 2.75) is 46.2 Å². The molecular weight excluding hydrogens is 260 g/mol. The number of hydrogen-bond acceptors (Lipinski definition) is 3. The van der Waals surface area contributed by atoms with Gasteiger partial charge in [0.15, 0.2) is 0 Å². The summed E-state index contributed by atoms with van der Waals surface area (Å²) in [6.07, 6.45) is 3.69. The number of benzene rings is 1. The lowest BCUT2D eigenvalue weighted by Crippen LogP contribution is -2.31. The first-order chi connectivity index (χ1) is 10.2. The Bertz CT molecular complexity index is 519. The first-order valence-corrected chi connectivity index (χ1v) is 7.83. The van der Waals surface area contributed by atoms with Gasteiger partial charge in [-0.25, -0.2) is 4.98 Å². The summed E-state index contributed by atoms with van der Waals surface area (Å²) < 4.78 is 1.99. The maximum atomic E-state index is 4.42. The summed E-state index contributed by atoms with van der Waals surface area (Å²) in [5.74, 6) is 1.62. The van der Waals surface area contributed by atoms with Gasteiger partial charge in [0.1, 0.15) is 12.2 Å². The standard InChI is InChI=1S/C17H26N4/c1-4-21-17(19-13-20-21)11-16(12-18-14(2)3)10-15-8-6-5-7-9-15/h5-9,13-14,16,18H,4,10-12H2,1-3H3. The SMILES string of the molecule is CCn1ncnc1CC(CNC(C)C)Cc1ccccc1. The van der Waals surface area contributed by atoms with E-state index in [2.05, 4.69) is 66.5 Å². The highest BCUT2D eigenvalue weighted by Crippen LogP contribution is 2.13. The van der Waals surface area contributed by atoms with Gasteiger partial charge in [-0.1, -0.05) is 44.2 Å². The summed E-state index contributed by atoms with van der Waals surface area (Å²) >= 11 is 0. The molecule has 1 heterocycles. The first kappa shape index (κ1) is 15.7. The Morgan fingerprint density at radius 1 is 1.14 bits per heavy atom. The number of aromatic nitrogens is 3. The molecule has 4 nitrogen and oxygen atoms in total. The van der Waals surface area contributed by atoms with Gasteiger partial charge in [-0.3, -0.25) is 4.68 Å². The summed E-state index contributed by atoms with van der Waals surface area (Å²) in [6.45, 7) is 8.37. The van der Waals surface area contributed by atoms with Crippen LogP contribution in [0.5, 0.6) is 0 Å². The molecule has 0 aliphatic heterocycles. The van der Waals surface area contributed by atoms with Crippen molar-refractivity contribution in [1.29, 1.82) is 0 Å². The van der Waals surface area contributed by atoms with Crippen LogP contribution in [0, 0.1) is 5.92 Å². The fourth-order valence-electron chi connectivity index (χ4n) is 2.53. The van der Waals surface area contributed by atoms with Crippen molar-refractivity contribution < 1.29 is 0 Å². The molecule has 0 saturated heterocycles. The van der Waals surface area contributed by atoms with Crippen molar-refractivity contribution >= 4 is 0 Å². The van der Waals surface area contributed by atoms with Crippen LogP contribution in [0.2, 0.25) is 0 Å². The zero-order valence-corrected chi connectivity index (χ0v) is 13.3. The molecule has 21 heavy (non-hydrogen) atoms. The van der Waals surface area contributed by atoms with Crippen LogP contribution in [0.1, 0.15) is 32.2 Å². The maximum absolute atomic E-state index is 4.42. The van der Waals surface area contributed by atoms with Crippen molar-refractivity contribution in [3.8, 4) is 0 Å². The van der Waals surface area contributed by atoms with E-state index in [1.165, 1.54) is 5.56 Å². The highest BCUT2D eigenvalue weighted by atomic mass is 15.3. The summed E-state index contributed by atoms with van der Waals surface area (Å²) in [5.41, 5.74) is 1.38. The number of rotatable bonds is 8. The highest BCUT2D eigenvalue weighted by molar-refractivity contribution is 5.15. The van der Waals surface area contributed by atoms with Gasteiger partial charge in [0.25, 0.3) is 0 Å². The normalized spacial score (nSPS) is 12.8. The Labute approximate surface area is 127 Å². The van der Waals surface area contributed by atoms with E-state index in [4.69, 9.17) is 0 Å². The van der Waals surface area contributed by atoms with Gasteiger partial charge in [-0.05, 0) is 31.4 Å². The molecule has 0 aliphatic rings. The van der Waals surface area contributed by atoms with Crippen LogP contribution in [0.3, 0.4) is 0 Å². The van der Waals surface area contributed by atoms with Crippen LogP contribution in [-0.4, -0.2) is 27.4 Å². The van der Waals surface area contributed by atoms with E-state index in [1.54, 1.807) is 6.33 Å². The second kappa shape index (κ2) is 7.93. The molecular formula is C17H26N4. The minimum Gasteiger partial charge on any atom is -0.314 e. The molecule has 0 radical (unpaired) electrons. The van der Waals surface area contributed by atoms with Gasteiger partial charge in [0.05, 0.1) is 0 Å². The minimum absolute atomic E-state index is 0.507. The van der Waals surface area contributed by atoms with Crippen LogP contribution in [0.4, 0.5) is 0 Å². The topological polar surface area (TPSA) is 42.7 Å². The lowest BCUT2D eigenvalue weighted by molar-refractivity contribution is 0.427. The fourth-order valence-corrected chi connectivity index (χ4v) is 2.53. The second-order valence-electron chi connectivity index (χ2n) is 5.81. The van der Waals surface area contributed by atoms with Crippen LogP contribution < -0.4 is 5.32 Å². The largest absolute Gasteiger partial charge is 0.314 e. The summed E-state index contributed by atoms with van der Waals surface area (Å²) in [5, 5.41) is 7.83. The van der Waals surface area contributed by atoms with E-state index in [9.17, 15) is 0 Å². The fraction of sp³-hybridized carbons (Fsp3) is 0.529. The maximum Gasteiger partial charge on any atom is 0.138 e. The quantitative estimate of drug-likeness (QED) is 0.811. The first-order valence-electron chi connectivity index (χ1n) is 7.83. The summed E-state index contributed by atoms with van der Waals surface area (Å²) in [4.78, 5) is 4.42. The minimum atomic E-state index is 0.507. The molecule has 0 bridgehead atoms. The molecule has 1 unspecified atom stereocenters. The average Bonchev–Trinajstić information content (AvgIpc) is 2.93. The Balaban J connectivity index is 2.04. The van der Waals surface area contributed by atoms with Gasteiger partial charge in [0.2, 0.25) is 0 Å². The number of hydrogen-bond donors (Lipinski definition) is 1. The van der Waals surface area contributed by atoms with Crippen molar-refractivity contribution in [2.75, 3.05) is 6.54 Å². The van der Waals surface area contributed by atoms with Gasteiger partial charge >= 0.3 is 0 Å². The van der Waals surface area contributed by atoms with E-state index in [-0.39, 0.29) is 0 Å². The molecule has 0 amide bonds. The average molecular weight is 286 g/mol. The third-order valence-corrected chi connectivity index (χ3v) is 3.65. The molecule has 114 valence electrons. The van der Waals surface area contributed by atoms with Gasteiger partial charge in [0, 0.05) is 19.0 Å². The van der Waals surface area contributed by atoms with Crippen molar-refractivity contribution in [3.05, 3.63) is 48.0 Å². The van der Waals surface area contributed by atoms with E-state index in [0.29, 0.717) is 12.0 Å². The van der Waals surface area contributed by atoms with Crippen molar-refractivity contribution in [1.82, 2.24) is 20.1 Å². The van der Waals surface area contributed by atoms with E-state index >= 15 is 0 Å². The molecule has 0 saturated carbocycles. The smallest absolute Gasteiger partial charge is 0.138 e. The highest BCUT2D eigenvalue weighted by Gasteiger charge is 2.15. The number of aryl methyl sites for hydroxylation is 1. The third kappa shape index (κ3) is 4.97. The Morgan fingerprint density at radius 2 is 1.90 bits per heavy atom. The van der Waals surface area contributed by atoms with Crippen molar-refractivity contribution in [2.24, 2.45) is 5.92 Å². The third-order valence-electron chi connectivity index (χ3n) is 3.65. The molecule has 2 rings (SSSR count). The lowest BCUT2D eigenvalue weighted by atomic mass is 9.95. The van der Waals surface area contributed by atoms with Crippen LogP contribution in [0.25, 0.3) is 0 Å². The van der Waals surface area contributed by atoms with Crippen LogP contribution in [0.15, 0.2) is 36.7 Å². The zero-order chi connectivity index (χ0) is 15.1. The molecule has 1 N–H and O–H groups in total. The molecule has 4 heteroatoms. The van der Waals surface area contributed by atoms with E-state index in [1.807, 2.05) is 4.68 Å². The van der Waals surface area contributed by atoms with E-state index in [0.717, 1.165) is 31.8 Å². The summed E-state index contributed by atoms with van der Waals surface area (Å²) in [6, 6.07) is 11.2. The van der Waals surface area contributed by atoms with Crippen molar-refractivity contribution in [3.63, 3.8) is 0 Å². The van der Waals surface area contributed by atoms with Gasteiger partial charge < -0.3 is 5.32 Å². The van der Waals surface area contributed by atoms with E-state index < -0.39 is 0 Å². The molecule has 1 atom stereocenters. The summed E-state index contributed by atoms with van der Waals surface area (Å²) in [7, 11) is 0. The Kier molecular flexibility index (Phi) is 5.93. The predicted molar refractivity (Wildman–Crippen MR) is 86.2 cm³/mol. The van der Waals surface area contributed by atoms with Gasteiger partial charge in [-0.15, -0.1) is 0 Å². The van der Waals surface area contributed by atoms with Crippen LogP contribution >= 0.6 is 0 Å². The Morgan fingerprint density at radius 3 is 2.57 bits per heavy atom.